The molecule has 0 aliphatic heterocycles. The van der Waals surface area contributed by atoms with E-state index >= 15 is 0 Å². The Morgan fingerprint density at radius 3 is 1.62 bits per heavy atom. The topological polar surface area (TPSA) is 62.5 Å². The summed E-state index contributed by atoms with van der Waals surface area (Å²) >= 11 is 0. The Morgan fingerprint density at radius 2 is 1.00 bits per heavy atom. The average Bonchev–Trinajstić information content (AvgIpc) is 3.70. The Morgan fingerprint density at radius 1 is 0.500 bits per heavy atom. The molecule has 0 saturated heterocycles. The maximum atomic E-state index is 9.49. The summed E-state index contributed by atoms with van der Waals surface area (Å²) in [7, 11) is 0. The van der Waals surface area contributed by atoms with Crippen molar-refractivity contribution in [2.24, 2.45) is 17.8 Å². The fraction of sp³-hybridized carbons (Fsp3) is 0.231. The fourth-order valence-corrected chi connectivity index (χ4v) is 11.7. The van der Waals surface area contributed by atoms with Crippen LogP contribution in [0.5, 0.6) is 0 Å². The first-order valence-electron chi connectivity index (χ1n) is 20.3. The Labute approximate surface area is 329 Å². The molecular formula is C52H42N4. The van der Waals surface area contributed by atoms with Gasteiger partial charge in [0.05, 0.1) is 17.0 Å². The highest BCUT2D eigenvalue weighted by molar-refractivity contribution is 5.96. The van der Waals surface area contributed by atoms with Gasteiger partial charge in [-0.2, -0.15) is 5.26 Å². The lowest BCUT2D eigenvalue weighted by Gasteiger charge is -2.50. The summed E-state index contributed by atoms with van der Waals surface area (Å²) in [6.45, 7) is 4.98. The van der Waals surface area contributed by atoms with E-state index in [4.69, 9.17) is 15.0 Å². The van der Waals surface area contributed by atoms with E-state index in [1.807, 2.05) is 54.6 Å². The molecule has 1 aromatic heterocycles. The number of nitriles is 1. The van der Waals surface area contributed by atoms with Gasteiger partial charge in [0.15, 0.2) is 17.5 Å². The van der Waals surface area contributed by atoms with Gasteiger partial charge >= 0.3 is 0 Å². The van der Waals surface area contributed by atoms with Gasteiger partial charge in [0.1, 0.15) is 0 Å². The van der Waals surface area contributed by atoms with Crippen molar-refractivity contribution in [1.82, 2.24) is 15.0 Å². The van der Waals surface area contributed by atoms with Gasteiger partial charge in [-0.1, -0.05) is 123 Å². The molecule has 4 heteroatoms. The quantitative estimate of drug-likeness (QED) is 0.181. The second-order valence-corrected chi connectivity index (χ2v) is 17.2. The molecule has 6 aromatic carbocycles. The smallest absolute Gasteiger partial charge is 0.164 e. The summed E-state index contributed by atoms with van der Waals surface area (Å²) in [4.78, 5) is 15.3. The molecule has 4 aliphatic rings. The van der Waals surface area contributed by atoms with Gasteiger partial charge in [-0.15, -0.1) is 0 Å². The van der Waals surface area contributed by atoms with Crippen LogP contribution in [0, 0.1) is 29.1 Å². The van der Waals surface area contributed by atoms with Crippen LogP contribution in [0.1, 0.15) is 79.3 Å². The lowest BCUT2D eigenvalue weighted by molar-refractivity contribution is 0.0780. The molecule has 11 rings (SSSR count). The molecule has 0 amide bonds. The van der Waals surface area contributed by atoms with Crippen molar-refractivity contribution in [2.45, 2.75) is 56.8 Å². The van der Waals surface area contributed by atoms with Crippen molar-refractivity contribution >= 4 is 0 Å². The fourth-order valence-electron chi connectivity index (χ4n) is 11.7. The van der Waals surface area contributed by atoms with E-state index in [1.165, 1.54) is 82.2 Å². The molecule has 4 nitrogen and oxygen atoms in total. The SMILES string of the molecule is C[C@@H]1C[C@@H]2C[C@H](C)CC(c3ccc4c(c3)C3(c5ccccc5-c5ccccc53)c3cc(-c5nc(-c6ccccc6)nc(-c6ccc(C#N)cc6)n5)ccc3-4)(C1)C2. The van der Waals surface area contributed by atoms with E-state index < -0.39 is 5.41 Å². The first-order chi connectivity index (χ1) is 27.4. The lowest BCUT2D eigenvalue weighted by atomic mass is 9.54. The number of nitrogens with zero attached hydrogens (tertiary/aromatic N) is 4. The number of benzene rings is 6. The van der Waals surface area contributed by atoms with Gasteiger partial charge in [-0.25, -0.2) is 15.0 Å². The van der Waals surface area contributed by atoms with Crippen LogP contribution in [0.15, 0.2) is 140 Å². The third kappa shape index (κ3) is 4.86. The standard InChI is InChI=1S/C52H42N4/c1-32-24-35-25-33(2)29-51(28-32,30-35)39-21-23-43-42-22-20-38(26-46(42)52(47(43)27-39)44-14-8-6-12-40(44)41-13-7-9-15-45(41)52)50-55-48(36-10-4-3-5-11-36)54-49(56-50)37-18-16-34(31-53)17-19-37/h3-23,26-27,32-33,35H,24-25,28-30H2,1-2H3/t32-,33+,35-,51?. The van der Waals surface area contributed by atoms with E-state index in [0.717, 1.165) is 34.4 Å². The van der Waals surface area contributed by atoms with E-state index in [0.29, 0.717) is 23.0 Å². The van der Waals surface area contributed by atoms with Crippen LogP contribution in [-0.4, -0.2) is 15.0 Å². The van der Waals surface area contributed by atoms with Gasteiger partial charge in [0, 0.05) is 16.7 Å². The van der Waals surface area contributed by atoms with Crippen LogP contribution >= 0.6 is 0 Å². The van der Waals surface area contributed by atoms with E-state index in [1.54, 1.807) is 0 Å². The minimum absolute atomic E-state index is 0.217. The third-order valence-corrected chi connectivity index (χ3v) is 13.5. The molecule has 0 N–H and O–H groups in total. The summed E-state index contributed by atoms with van der Waals surface area (Å²) in [6.07, 6.45) is 6.59. The minimum Gasteiger partial charge on any atom is -0.208 e. The Kier molecular flexibility index (Phi) is 7.36. The van der Waals surface area contributed by atoms with Gasteiger partial charge < -0.3 is 0 Å². The summed E-state index contributed by atoms with van der Waals surface area (Å²) in [5.41, 5.74) is 15.2. The van der Waals surface area contributed by atoms with Crippen molar-refractivity contribution in [3.8, 4) is 62.5 Å². The zero-order valence-electron chi connectivity index (χ0n) is 31.8. The monoisotopic (exact) mass is 722 g/mol. The van der Waals surface area contributed by atoms with Crippen molar-refractivity contribution in [2.75, 3.05) is 0 Å². The lowest BCUT2D eigenvalue weighted by Crippen LogP contribution is -2.42. The van der Waals surface area contributed by atoms with E-state index in [2.05, 4.69) is 105 Å². The molecule has 2 saturated carbocycles. The van der Waals surface area contributed by atoms with Crippen molar-refractivity contribution < 1.29 is 0 Å². The number of hydrogen-bond acceptors (Lipinski definition) is 4. The maximum Gasteiger partial charge on any atom is 0.164 e. The second kappa shape index (κ2) is 12.4. The predicted molar refractivity (Wildman–Crippen MR) is 224 cm³/mol. The number of fused-ring (bicyclic) bond motifs is 12. The molecule has 7 aromatic rings. The van der Waals surface area contributed by atoms with Crippen LogP contribution in [0.25, 0.3) is 56.4 Å². The zero-order valence-corrected chi connectivity index (χ0v) is 31.8. The third-order valence-electron chi connectivity index (χ3n) is 13.5. The number of hydrogen-bond donors (Lipinski definition) is 0. The van der Waals surface area contributed by atoms with Crippen LogP contribution in [0.3, 0.4) is 0 Å². The van der Waals surface area contributed by atoms with E-state index in [-0.39, 0.29) is 5.41 Å². The summed E-state index contributed by atoms with van der Waals surface area (Å²) < 4.78 is 0. The minimum atomic E-state index is -0.480. The summed E-state index contributed by atoms with van der Waals surface area (Å²) in [6, 6.07) is 52.5. The highest BCUT2D eigenvalue weighted by Gasteiger charge is 2.53. The highest BCUT2D eigenvalue weighted by Crippen LogP contribution is 2.64. The Hall–Kier alpha value is -6.18. The number of rotatable bonds is 4. The van der Waals surface area contributed by atoms with Crippen molar-refractivity contribution in [1.29, 1.82) is 5.26 Å². The maximum absolute atomic E-state index is 9.49. The molecule has 1 heterocycles. The summed E-state index contributed by atoms with van der Waals surface area (Å²) in [5, 5.41) is 9.49. The first-order valence-corrected chi connectivity index (χ1v) is 20.3. The molecule has 4 atom stereocenters. The normalized spacial score (nSPS) is 22.1. The van der Waals surface area contributed by atoms with E-state index in [9.17, 15) is 5.26 Å². The largest absolute Gasteiger partial charge is 0.208 e. The van der Waals surface area contributed by atoms with Crippen LogP contribution < -0.4 is 0 Å². The van der Waals surface area contributed by atoms with Crippen molar-refractivity contribution in [3.63, 3.8) is 0 Å². The first kappa shape index (κ1) is 33.2. The van der Waals surface area contributed by atoms with Crippen LogP contribution in [0.4, 0.5) is 0 Å². The molecule has 2 fully saturated rings. The second-order valence-electron chi connectivity index (χ2n) is 17.2. The Bertz CT molecular complexity index is 2680. The Balaban J connectivity index is 1.15. The van der Waals surface area contributed by atoms with Gasteiger partial charge in [-0.05, 0) is 136 Å². The molecule has 1 spiro atoms. The molecule has 1 unspecified atom stereocenters. The number of aromatic nitrogens is 3. The van der Waals surface area contributed by atoms with Gasteiger partial charge in [0.2, 0.25) is 0 Å². The molecular weight excluding hydrogens is 681 g/mol. The summed E-state index contributed by atoms with van der Waals surface area (Å²) in [5.74, 6) is 4.13. The molecule has 0 radical (unpaired) electrons. The average molecular weight is 723 g/mol. The van der Waals surface area contributed by atoms with Gasteiger partial charge in [-0.3, -0.25) is 0 Å². The van der Waals surface area contributed by atoms with Crippen molar-refractivity contribution in [3.05, 3.63) is 173 Å². The van der Waals surface area contributed by atoms with Crippen LogP contribution in [-0.2, 0) is 10.8 Å². The van der Waals surface area contributed by atoms with Gasteiger partial charge in [0.25, 0.3) is 0 Å². The highest BCUT2D eigenvalue weighted by atomic mass is 15.0. The van der Waals surface area contributed by atoms with Crippen LogP contribution in [0.2, 0.25) is 0 Å². The predicted octanol–water partition coefficient (Wildman–Crippen LogP) is 12.2. The zero-order chi connectivity index (χ0) is 37.6. The molecule has 4 aliphatic carbocycles. The molecule has 56 heavy (non-hydrogen) atoms. The molecule has 2 bridgehead atoms. The molecule has 270 valence electrons.